The van der Waals surface area contributed by atoms with Gasteiger partial charge in [0.05, 0.1) is 0 Å². The molecule has 1 aromatic rings. The zero-order valence-electron chi connectivity index (χ0n) is 13.6. The summed E-state index contributed by atoms with van der Waals surface area (Å²) >= 11 is 0. The number of aryl methyl sites for hydroxylation is 1. The molecule has 0 aliphatic carbocycles. The van der Waals surface area contributed by atoms with Gasteiger partial charge in [0.25, 0.3) is 0 Å². The molecule has 2 aliphatic heterocycles. The third-order valence-electron chi connectivity index (χ3n) is 4.65. The van der Waals surface area contributed by atoms with Crippen LogP contribution in [0.15, 0.2) is 24.3 Å². The van der Waals surface area contributed by atoms with E-state index in [4.69, 9.17) is 0 Å². The second-order valence-corrected chi connectivity index (χ2v) is 6.22. The van der Waals surface area contributed by atoms with Gasteiger partial charge in [0.15, 0.2) is 0 Å². The van der Waals surface area contributed by atoms with E-state index in [0.717, 1.165) is 32.6 Å². The summed E-state index contributed by atoms with van der Waals surface area (Å²) in [5, 5.41) is 0. The summed E-state index contributed by atoms with van der Waals surface area (Å²) in [6, 6.07) is 8.61. The van der Waals surface area contributed by atoms with Gasteiger partial charge in [0.1, 0.15) is 0 Å². The number of urea groups is 1. The van der Waals surface area contributed by atoms with Gasteiger partial charge in [0.2, 0.25) is 6.41 Å². The Morgan fingerprint density at radius 2 is 1.57 bits per heavy atom. The molecular weight excluding hydrogens is 292 g/mol. The van der Waals surface area contributed by atoms with Gasteiger partial charge in [-0.25, -0.2) is 4.79 Å². The SMILES string of the molecule is Cc1cccc(N2CCN(C(=O)N3CCN(C=O)CC3)CC2)c1. The van der Waals surface area contributed by atoms with Crippen molar-refractivity contribution in [3.8, 4) is 0 Å². The normalized spacial score (nSPS) is 19.0. The number of anilines is 1. The van der Waals surface area contributed by atoms with E-state index in [-0.39, 0.29) is 6.03 Å². The zero-order chi connectivity index (χ0) is 16.2. The van der Waals surface area contributed by atoms with E-state index < -0.39 is 0 Å². The quantitative estimate of drug-likeness (QED) is 0.765. The van der Waals surface area contributed by atoms with Gasteiger partial charge in [-0.2, -0.15) is 0 Å². The van der Waals surface area contributed by atoms with Crippen molar-refractivity contribution in [2.24, 2.45) is 0 Å². The Morgan fingerprint density at radius 1 is 0.957 bits per heavy atom. The molecule has 0 N–H and O–H groups in total. The lowest BCUT2D eigenvalue weighted by atomic mass is 10.2. The molecule has 124 valence electrons. The average molecular weight is 316 g/mol. The second kappa shape index (κ2) is 6.89. The molecule has 1 aromatic carbocycles. The number of benzene rings is 1. The van der Waals surface area contributed by atoms with Crippen LogP contribution in [0.2, 0.25) is 0 Å². The summed E-state index contributed by atoms with van der Waals surface area (Å²) in [6.07, 6.45) is 0.864. The maximum absolute atomic E-state index is 12.6. The minimum absolute atomic E-state index is 0.111. The number of hydrogen-bond acceptors (Lipinski definition) is 3. The molecule has 0 radical (unpaired) electrons. The molecule has 2 saturated heterocycles. The van der Waals surface area contributed by atoms with Crippen LogP contribution in [-0.4, -0.2) is 79.5 Å². The van der Waals surface area contributed by atoms with Crippen molar-refractivity contribution >= 4 is 18.1 Å². The predicted molar refractivity (Wildman–Crippen MR) is 89.6 cm³/mol. The first-order chi connectivity index (χ1) is 11.2. The van der Waals surface area contributed by atoms with Gasteiger partial charge in [-0.05, 0) is 24.6 Å². The lowest BCUT2D eigenvalue weighted by Crippen LogP contribution is -2.56. The molecule has 0 atom stereocenters. The molecule has 2 fully saturated rings. The summed E-state index contributed by atoms with van der Waals surface area (Å²) in [7, 11) is 0. The number of nitrogens with zero attached hydrogens (tertiary/aromatic N) is 4. The molecule has 23 heavy (non-hydrogen) atoms. The zero-order valence-corrected chi connectivity index (χ0v) is 13.6. The van der Waals surface area contributed by atoms with Crippen LogP contribution in [0.25, 0.3) is 0 Å². The van der Waals surface area contributed by atoms with E-state index in [0.29, 0.717) is 26.2 Å². The molecule has 0 saturated carbocycles. The molecule has 0 spiro atoms. The molecule has 0 unspecified atom stereocenters. The molecule has 0 aromatic heterocycles. The van der Waals surface area contributed by atoms with Crippen LogP contribution in [0.3, 0.4) is 0 Å². The highest BCUT2D eigenvalue weighted by atomic mass is 16.2. The first-order valence-corrected chi connectivity index (χ1v) is 8.22. The van der Waals surface area contributed by atoms with Crippen molar-refractivity contribution in [1.82, 2.24) is 14.7 Å². The van der Waals surface area contributed by atoms with Gasteiger partial charge < -0.3 is 19.6 Å². The topological polar surface area (TPSA) is 47.1 Å². The Kier molecular flexibility index (Phi) is 4.69. The minimum atomic E-state index is 0.111. The van der Waals surface area contributed by atoms with Crippen LogP contribution in [0.1, 0.15) is 5.56 Å². The fraction of sp³-hybridized carbons (Fsp3) is 0.529. The van der Waals surface area contributed by atoms with Gasteiger partial charge in [0, 0.05) is 58.0 Å². The maximum Gasteiger partial charge on any atom is 0.320 e. The Balaban J connectivity index is 1.52. The van der Waals surface area contributed by atoms with E-state index in [1.165, 1.54) is 11.3 Å². The number of carbonyl (C=O) groups excluding carboxylic acids is 2. The van der Waals surface area contributed by atoms with Crippen LogP contribution in [0, 0.1) is 6.92 Å². The fourth-order valence-electron chi connectivity index (χ4n) is 3.20. The summed E-state index contributed by atoms with van der Waals surface area (Å²) in [6.45, 7) is 7.87. The highest BCUT2D eigenvalue weighted by Gasteiger charge is 2.27. The monoisotopic (exact) mass is 316 g/mol. The number of piperazine rings is 2. The molecule has 0 bridgehead atoms. The third kappa shape index (κ3) is 3.57. The summed E-state index contributed by atoms with van der Waals surface area (Å²) < 4.78 is 0. The van der Waals surface area contributed by atoms with Crippen molar-refractivity contribution in [2.75, 3.05) is 57.3 Å². The fourth-order valence-corrected chi connectivity index (χ4v) is 3.20. The van der Waals surface area contributed by atoms with Crippen LogP contribution in [-0.2, 0) is 4.79 Å². The van der Waals surface area contributed by atoms with E-state index in [1.54, 1.807) is 4.90 Å². The van der Waals surface area contributed by atoms with Gasteiger partial charge in [-0.3, -0.25) is 4.79 Å². The predicted octanol–water partition coefficient (Wildman–Crippen LogP) is 1.01. The van der Waals surface area contributed by atoms with Crippen molar-refractivity contribution in [3.05, 3.63) is 29.8 Å². The largest absolute Gasteiger partial charge is 0.368 e. The van der Waals surface area contributed by atoms with Crippen LogP contribution in [0.5, 0.6) is 0 Å². The maximum atomic E-state index is 12.6. The van der Waals surface area contributed by atoms with E-state index >= 15 is 0 Å². The first kappa shape index (κ1) is 15.6. The highest BCUT2D eigenvalue weighted by molar-refractivity contribution is 5.75. The standard InChI is InChI=1S/C17H24N4O2/c1-15-3-2-4-16(13-15)19-9-11-21(12-10-19)17(23)20-7-5-18(14-22)6-8-20/h2-4,13-14H,5-12H2,1H3. The first-order valence-electron chi connectivity index (χ1n) is 8.22. The summed E-state index contributed by atoms with van der Waals surface area (Å²) in [5.41, 5.74) is 2.49. The number of hydrogen-bond donors (Lipinski definition) is 0. The molecule has 6 nitrogen and oxygen atoms in total. The van der Waals surface area contributed by atoms with Gasteiger partial charge in [-0.15, -0.1) is 0 Å². The highest BCUT2D eigenvalue weighted by Crippen LogP contribution is 2.18. The van der Waals surface area contributed by atoms with Gasteiger partial charge in [-0.1, -0.05) is 12.1 Å². The molecule has 2 aliphatic rings. The number of carbonyl (C=O) groups is 2. The lowest BCUT2D eigenvalue weighted by molar-refractivity contribution is -0.119. The van der Waals surface area contributed by atoms with Crippen molar-refractivity contribution < 1.29 is 9.59 Å². The summed E-state index contributed by atoms with van der Waals surface area (Å²) in [4.78, 5) is 31.2. The van der Waals surface area contributed by atoms with Crippen LogP contribution < -0.4 is 4.90 Å². The second-order valence-electron chi connectivity index (χ2n) is 6.22. The van der Waals surface area contributed by atoms with E-state index in [2.05, 4.69) is 36.1 Å². The molecular formula is C17H24N4O2. The Hall–Kier alpha value is -2.24. The number of amides is 3. The Labute approximate surface area is 137 Å². The molecule has 3 rings (SSSR count). The van der Waals surface area contributed by atoms with Crippen LogP contribution in [0.4, 0.5) is 10.5 Å². The van der Waals surface area contributed by atoms with Crippen LogP contribution >= 0.6 is 0 Å². The smallest absolute Gasteiger partial charge is 0.320 e. The third-order valence-corrected chi connectivity index (χ3v) is 4.65. The lowest BCUT2D eigenvalue weighted by Gasteiger charge is -2.40. The minimum Gasteiger partial charge on any atom is -0.368 e. The van der Waals surface area contributed by atoms with Gasteiger partial charge >= 0.3 is 6.03 Å². The van der Waals surface area contributed by atoms with E-state index in [1.807, 2.05) is 9.80 Å². The molecule has 2 heterocycles. The van der Waals surface area contributed by atoms with Crippen molar-refractivity contribution in [3.63, 3.8) is 0 Å². The molecule has 3 amide bonds. The van der Waals surface area contributed by atoms with Crippen molar-refractivity contribution in [1.29, 1.82) is 0 Å². The Morgan fingerprint density at radius 3 is 2.13 bits per heavy atom. The molecule has 6 heteroatoms. The average Bonchev–Trinajstić information content (AvgIpc) is 2.61. The van der Waals surface area contributed by atoms with Crippen molar-refractivity contribution in [2.45, 2.75) is 6.92 Å². The van der Waals surface area contributed by atoms with E-state index in [9.17, 15) is 9.59 Å². The Bertz CT molecular complexity index is 561. The number of rotatable bonds is 2. The summed E-state index contributed by atoms with van der Waals surface area (Å²) in [5.74, 6) is 0.